The zero-order valence-corrected chi connectivity index (χ0v) is 16.9. The quantitative estimate of drug-likeness (QED) is 0.593. The van der Waals surface area contributed by atoms with Crippen molar-refractivity contribution in [1.82, 2.24) is 5.32 Å². The van der Waals surface area contributed by atoms with E-state index in [1.54, 1.807) is 31.4 Å². The van der Waals surface area contributed by atoms with Crippen LogP contribution in [0.2, 0.25) is 0 Å². The molecule has 0 spiro atoms. The molecule has 0 bridgehead atoms. The topological polar surface area (TPSA) is 75.7 Å². The van der Waals surface area contributed by atoms with Gasteiger partial charge in [-0.3, -0.25) is 9.10 Å². The van der Waals surface area contributed by atoms with Crippen LogP contribution in [0.5, 0.6) is 0 Å². The molecule has 0 aliphatic carbocycles. The molecule has 0 saturated carbocycles. The van der Waals surface area contributed by atoms with Crippen LogP contribution in [0.25, 0.3) is 10.1 Å². The molecule has 1 aromatic heterocycles. The molecule has 9 heteroatoms. The van der Waals surface area contributed by atoms with Gasteiger partial charge in [-0.1, -0.05) is 0 Å². The van der Waals surface area contributed by atoms with Gasteiger partial charge in [-0.05, 0) is 53.9 Å². The molecule has 148 valence electrons. The maximum Gasteiger partial charge on any atom is 0.264 e. The molecule has 3 aromatic rings. The number of ether oxygens (including phenoxy) is 1. The summed E-state index contributed by atoms with van der Waals surface area (Å²) in [6, 6.07) is 11.6. The van der Waals surface area contributed by atoms with Crippen molar-refractivity contribution in [3.8, 4) is 0 Å². The van der Waals surface area contributed by atoms with Crippen LogP contribution in [0.15, 0.2) is 53.4 Å². The van der Waals surface area contributed by atoms with Gasteiger partial charge in [0, 0.05) is 25.4 Å². The number of amides is 1. The van der Waals surface area contributed by atoms with Crippen LogP contribution in [-0.2, 0) is 14.8 Å². The zero-order valence-electron chi connectivity index (χ0n) is 15.3. The van der Waals surface area contributed by atoms with Crippen molar-refractivity contribution in [2.75, 3.05) is 31.6 Å². The SMILES string of the molecule is COCCNC(=O)c1cc2cc(N(C)S(=O)(=O)c3ccc(F)cc3)ccc2s1. The zero-order chi connectivity index (χ0) is 20.3. The Morgan fingerprint density at radius 2 is 1.89 bits per heavy atom. The summed E-state index contributed by atoms with van der Waals surface area (Å²) in [5.41, 5.74) is 0.445. The second-order valence-electron chi connectivity index (χ2n) is 6.01. The van der Waals surface area contributed by atoms with Gasteiger partial charge in [0.05, 0.1) is 22.1 Å². The number of anilines is 1. The number of hydrogen-bond acceptors (Lipinski definition) is 5. The van der Waals surface area contributed by atoms with E-state index in [4.69, 9.17) is 4.74 Å². The van der Waals surface area contributed by atoms with E-state index >= 15 is 0 Å². The van der Waals surface area contributed by atoms with E-state index in [0.717, 1.165) is 26.5 Å². The third kappa shape index (κ3) is 4.16. The number of methoxy groups -OCH3 is 1. The Labute approximate surface area is 166 Å². The molecule has 2 aromatic carbocycles. The lowest BCUT2D eigenvalue weighted by molar-refractivity contribution is 0.0941. The molecule has 1 N–H and O–H groups in total. The maximum atomic E-state index is 13.1. The van der Waals surface area contributed by atoms with E-state index in [1.807, 2.05) is 0 Å². The van der Waals surface area contributed by atoms with Crippen molar-refractivity contribution < 1.29 is 22.3 Å². The second kappa shape index (κ2) is 8.26. The largest absolute Gasteiger partial charge is 0.383 e. The summed E-state index contributed by atoms with van der Waals surface area (Å²) in [5.74, 6) is -0.704. The van der Waals surface area contributed by atoms with E-state index in [-0.39, 0.29) is 10.8 Å². The first kappa shape index (κ1) is 20.2. The lowest BCUT2D eigenvalue weighted by atomic mass is 10.2. The minimum atomic E-state index is -3.83. The Hall–Kier alpha value is -2.49. The van der Waals surface area contributed by atoms with Gasteiger partial charge in [0.1, 0.15) is 5.82 Å². The minimum absolute atomic E-state index is 0.0000236. The van der Waals surface area contributed by atoms with Crippen molar-refractivity contribution in [3.05, 3.63) is 59.2 Å². The lowest BCUT2D eigenvalue weighted by Gasteiger charge is -2.19. The van der Waals surface area contributed by atoms with Crippen molar-refractivity contribution in [2.45, 2.75) is 4.90 Å². The first-order valence-corrected chi connectivity index (χ1v) is 10.6. The van der Waals surface area contributed by atoms with E-state index < -0.39 is 15.8 Å². The van der Waals surface area contributed by atoms with Crippen LogP contribution in [0.1, 0.15) is 9.67 Å². The molecule has 1 heterocycles. The molecule has 1 amide bonds. The molecule has 0 unspecified atom stereocenters. The van der Waals surface area contributed by atoms with Gasteiger partial charge in [-0.15, -0.1) is 11.3 Å². The Morgan fingerprint density at radius 1 is 1.18 bits per heavy atom. The smallest absolute Gasteiger partial charge is 0.264 e. The molecule has 6 nitrogen and oxygen atoms in total. The van der Waals surface area contributed by atoms with Crippen molar-refractivity contribution in [1.29, 1.82) is 0 Å². The summed E-state index contributed by atoms with van der Waals surface area (Å²) in [4.78, 5) is 12.7. The van der Waals surface area contributed by atoms with Crippen molar-refractivity contribution in [2.24, 2.45) is 0 Å². The maximum absolute atomic E-state index is 13.1. The molecular formula is C19H19FN2O4S2. The number of rotatable bonds is 7. The molecule has 0 aliphatic rings. The van der Waals surface area contributed by atoms with E-state index in [2.05, 4.69) is 5.32 Å². The first-order valence-electron chi connectivity index (χ1n) is 8.38. The van der Waals surface area contributed by atoms with E-state index in [9.17, 15) is 17.6 Å². The predicted octanol–water partition coefficient (Wildman–Crippen LogP) is 3.24. The number of nitrogens with zero attached hydrogens (tertiary/aromatic N) is 1. The van der Waals surface area contributed by atoms with Gasteiger partial charge >= 0.3 is 0 Å². The number of carbonyl (C=O) groups is 1. The fourth-order valence-electron chi connectivity index (χ4n) is 2.60. The Kier molecular flexibility index (Phi) is 5.97. The number of halogens is 1. The molecule has 3 rings (SSSR count). The number of hydrogen-bond donors (Lipinski definition) is 1. The molecule has 0 fully saturated rings. The highest BCUT2D eigenvalue weighted by atomic mass is 32.2. The fraction of sp³-hybridized carbons (Fsp3) is 0.211. The highest BCUT2D eigenvalue weighted by Gasteiger charge is 2.22. The van der Waals surface area contributed by atoms with Crippen LogP contribution >= 0.6 is 11.3 Å². The molecular weight excluding hydrogens is 403 g/mol. The van der Waals surface area contributed by atoms with Crippen molar-refractivity contribution in [3.63, 3.8) is 0 Å². The number of sulfonamides is 1. The minimum Gasteiger partial charge on any atom is -0.383 e. The fourth-order valence-corrected chi connectivity index (χ4v) is 4.74. The summed E-state index contributed by atoms with van der Waals surface area (Å²) < 4.78 is 45.5. The summed E-state index contributed by atoms with van der Waals surface area (Å²) in [5, 5.41) is 3.52. The first-order chi connectivity index (χ1) is 13.3. The Balaban J connectivity index is 1.87. The van der Waals surface area contributed by atoms with Crippen LogP contribution in [0, 0.1) is 5.82 Å². The van der Waals surface area contributed by atoms with E-state index in [0.29, 0.717) is 23.7 Å². The van der Waals surface area contributed by atoms with E-state index in [1.165, 1.54) is 30.5 Å². The highest BCUT2D eigenvalue weighted by molar-refractivity contribution is 7.92. The summed E-state index contributed by atoms with van der Waals surface area (Å²) >= 11 is 1.33. The van der Waals surface area contributed by atoms with Crippen LogP contribution in [-0.4, -0.2) is 41.6 Å². The predicted molar refractivity (Wildman–Crippen MR) is 108 cm³/mol. The lowest BCUT2D eigenvalue weighted by Crippen LogP contribution is -2.26. The van der Waals surface area contributed by atoms with Gasteiger partial charge < -0.3 is 10.1 Å². The van der Waals surface area contributed by atoms with Crippen LogP contribution < -0.4 is 9.62 Å². The van der Waals surface area contributed by atoms with Gasteiger partial charge in [0.2, 0.25) is 0 Å². The number of benzene rings is 2. The molecule has 0 atom stereocenters. The monoisotopic (exact) mass is 422 g/mol. The van der Waals surface area contributed by atoms with Gasteiger partial charge in [-0.2, -0.15) is 0 Å². The van der Waals surface area contributed by atoms with Gasteiger partial charge in [0.15, 0.2) is 0 Å². The van der Waals surface area contributed by atoms with Gasteiger partial charge in [-0.25, -0.2) is 12.8 Å². The van der Waals surface area contributed by atoms with Crippen molar-refractivity contribution >= 4 is 43.0 Å². The molecule has 0 radical (unpaired) electrons. The third-order valence-electron chi connectivity index (χ3n) is 4.15. The summed E-state index contributed by atoms with van der Waals surface area (Å²) in [7, 11) is -0.831. The van der Waals surface area contributed by atoms with Gasteiger partial charge in [0.25, 0.3) is 15.9 Å². The number of thiophene rings is 1. The molecule has 28 heavy (non-hydrogen) atoms. The summed E-state index contributed by atoms with van der Waals surface area (Å²) in [6.45, 7) is 0.834. The Morgan fingerprint density at radius 3 is 2.57 bits per heavy atom. The number of fused-ring (bicyclic) bond motifs is 1. The number of carbonyl (C=O) groups excluding carboxylic acids is 1. The second-order valence-corrected chi connectivity index (χ2v) is 9.06. The standard InChI is InChI=1S/C19H19FN2O4S2/c1-22(28(24,25)16-6-3-14(20)4-7-16)15-5-8-17-13(11-15)12-18(27-17)19(23)21-9-10-26-2/h3-8,11-12H,9-10H2,1-2H3,(H,21,23). The van der Waals surface area contributed by atoms with Crippen LogP contribution in [0.4, 0.5) is 10.1 Å². The Bertz CT molecular complexity index is 1090. The average molecular weight is 423 g/mol. The van der Waals surface area contributed by atoms with Crippen LogP contribution in [0.3, 0.4) is 0 Å². The normalized spacial score (nSPS) is 11.5. The average Bonchev–Trinajstić information content (AvgIpc) is 3.11. The third-order valence-corrected chi connectivity index (χ3v) is 7.07. The summed E-state index contributed by atoms with van der Waals surface area (Å²) in [6.07, 6.45) is 0. The number of nitrogens with one attached hydrogen (secondary N) is 1. The molecule has 0 saturated heterocycles. The highest BCUT2D eigenvalue weighted by Crippen LogP contribution is 2.31. The molecule has 0 aliphatic heterocycles.